The molecule has 21 heavy (non-hydrogen) atoms. The lowest BCUT2D eigenvalue weighted by Crippen LogP contribution is -2.63. The van der Waals surface area contributed by atoms with E-state index in [9.17, 15) is 4.79 Å². The fraction of sp³-hybridized carbons (Fsp3) is 0.438. The van der Waals surface area contributed by atoms with Crippen LogP contribution in [0.25, 0.3) is 11.0 Å². The molecule has 5 rings (SSSR count). The van der Waals surface area contributed by atoms with Crippen LogP contribution in [0.15, 0.2) is 34.7 Å². The molecule has 3 aliphatic rings. The molecule has 1 atom stereocenters. The van der Waals surface area contributed by atoms with Gasteiger partial charge in [0.05, 0.1) is 0 Å². The van der Waals surface area contributed by atoms with Crippen molar-refractivity contribution in [3.05, 3.63) is 36.1 Å². The number of rotatable bonds is 3. The third-order valence-electron chi connectivity index (χ3n) is 4.54. The highest BCUT2D eigenvalue weighted by molar-refractivity contribution is 5.96. The number of carbonyl (C=O) groups excluding carboxylic acids is 1. The summed E-state index contributed by atoms with van der Waals surface area (Å²) < 4.78 is 5.60. The third-order valence-corrected chi connectivity index (χ3v) is 4.54. The molecule has 1 aromatic heterocycles. The Morgan fingerprint density at radius 2 is 2.05 bits per heavy atom. The van der Waals surface area contributed by atoms with Gasteiger partial charge in [0.25, 0.3) is 5.91 Å². The number of carbonyl (C=O) groups is 1. The maximum absolute atomic E-state index is 12.2. The lowest BCUT2D eigenvalue weighted by molar-refractivity contribution is 0.0137. The van der Waals surface area contributed by atoms with Crippen molar-refractivity contribution in [2.75, 3.05) is 39.3 Å². The molecular weight excluding hydrogens is 266 g/mol. The SMILES string of the molecule is O=C(NCC1CN2CCN1CC2)c1cc2ccccc2o1. The topological polar surface area (TPSA) is 48.7 Å². The average Bonchev–Trinajstić information content (AvgIpc) is 2.98. The van der Waals surface area contributed by atoms with Crippen LogP contribution in [0.5, 0.6) is 0 Å². The lowest BCUT2D eigenvalue weighted by Gasteiger charge is -2.47. The summed E-state index contributed by atoms with van der Waals surface area (Å²) in [6, 6.07) is 9.93. The van der Waals surface area contributed by atoms with Gasteiger partial charge in [-0.3, -0.25) is 14.6 Å². The predicted molar refractivity (Wildman–Crippen MR) is 80.3 cm³/mol. The van der Waals surface area contributed by atoms with Gasteiger partial charge in [0.2, 0.25) is 0 Å². The van der Waals surface area contributed by atoms with Crippen molar-refractivity contribution in [3.63, 3.8) is 0 Å². The van der Waals surface area contributed by atoms with Gasteiger partial charge in [0, 0.05) is 50.7 Å². The van der Waals surface area contributed by atoms with Gasteiger partial charge in [-0.1, -0.05) is 18.2 Å². The Kier molecular flexibility index (Phi) is 3.16. The summed E-state index contributed by atoms with van der Waals surface area (Å²) in [4.78, 5) is 17.2. The molecule has 0 radical (unpaired) electrons. The van der Waals surface area contributed by atoms with Crippen LogP contribution in [-0.4, -0.2) is 61.0 Å². The summed E-state index contributed by atoms with van der Waals surface area (Å²) >= 11 is 0. The van der Waals surface area contributed by atoms with Crippen LogP contribution in [0.4, 0.5) is 0 Å². The van der Waals surface area contributed by atoms with Gasteiger partial charge in [0.15, 0.2) is 5.76 Å². The molecule has 0 aliphatic carbocycles. The van der Waals surface area contributed by atoms with Crippen LogP contribution in [0.3, 0.4) is 0 Å². The zero-order chi connectivity index (χ0) is 14.2. The number of amides is 1. The normalized spacial score (nSPS) is 27.9. The first kappa shape index (κ1) is 12.9. The zero-order valence-corrected chi connectivity index (χ0v) is 11.9. The van der Waals surface area contributed by atoms with E-state index >= 15 is 0 Å². The van der Waals surface area contributed by atoms with Crippen molar-refractivity contribution in [2.45, 2.75) is 6.04 Å². The molecule has 0 spiro atoms. The predicted octanol–water partition coefficient (Wildman–Crippen LogP) is 1.16. The highest BCUT2D eigenvalue weighted by Gasteiger charge is 2.31. The Morgan fingerprint density at radius 1 is 1.24 bits per heavy atom. The molecule has 3 aliphatic heterocycles. The van der Waals surface area contributed by atoms with E-state index in [1.54, 1.807) is 0 Å². The van der Waals surface area contributed by atoms with E-state index in [0.29, 0.717) is 18.3 Å². The standard InChI is InChI=1S/C16H19N3O2/c20-16(15-9-12-3-1-2-4-14(12)21-15)17-10-13-11-18-5-7-19(13)8-6-18/h1-4,9,13H,5-8,10-11H2,(H,17,20). The van der Waals surface area contributed by atoms with Gasteiger partial charge < -0.3 is 9.73 Å². The summed E-state index contributed by atoms with van der Waals surface area (Å²) in [5.41, 5.74) is 0.759. The van der Waals surface area contributed by atoms with Gasteiger partial charge in [-0.05, 0) is 12.1 Å². The lowest BCUT2D eigenvalue weighted by atomic mass is 10.1. The summed E-state index contributed by atoms with van der Waals surface area (Å²) in [6.07, 6.45) is 0. The van der Waals surface area contributed by atoms with Crippen LogP contribution >= 0.6 is 0 Å². The average molecular weight is 285 g/mol. The molecule has 5 nitrogen and oxygen atoms in total. The minimum absolute atomic E-state index is 0.121. The second-order valence-electron chi connectivity index (χ2n) is 5.85. The quantitative estimate of drug-likeness (QED) is 0.919. The Morgan fingerprint density at radius 3 is 2.76 bits per heavy atom. The van der Waals surface area contributed by atoms with Gasteiger partial charge in [-0.25, -0.2) is 0 Å². The van der Waals surface area contributed by atoms with Crippen molar-refractivity contribution >= 4 is 16.9 Å². The first-order valence-electron chi connectivity index (χ1n) is 7.53. The molecule has 2 aromatic rings. The van der Waals surface area contributed by atoms with Gasteiger partial charge in [-0.2, -0.15) is 0 Å². The summed E-state index contributed by atoms with van der Waals surface area (Å²) in [7, 11) is 0. The van der Waals surface area contributed by atoms with Crippen LogP contribution in [0, 0.1) is 0 Å². The third kappa shape index (κ3) is 2.43. The van der Waals surface area contributed by atoms with Gasteiger partial charge >= 0.3 is 0 Å². The Bertz CT molecular complexity index is 625. The molecule has 0 saturated carbocycles. The highest BCUT2D eigenvalue weighted by Crippen LogP contribution is 2.19. The molecule has 2 bridgehead atoms. The largest absolute Gasteiger partial charge is 0.451 e. The number of fused-ring (bicyclic) bond motifs is 4. The number of furan rings is 1. The van der Waals surface area contributed by atoms with Crippen molar-refractivity contribution in [2.24, 2.45) is 0 Å². The first-order valence-corrected chi connectivity index (χ1v) is 7.53. The number of hydrogen-bond donors (Lipinski definition) is 1. The molecule has 3 fully saturated rings. The number of piperazine rings is 3. The van der Waals surface area contributed by atoms with E-state index in [1.165, 1.54) is 0 Å². The van der Waals surface area contributed by atoms with E-state index in [0.717, 1.165) is 43.7 Å². The van der Waals surface area contributed by atoms with Gasteiger partial charge in [-0.15, -0.1) is 0 Å². The second kappa shape index (κ2) is 5.16. The van der Waals surface area contributed by atoms with E-state index in [2.05, 4.69) is 15.1 Å². The number of benzene rings is 1. The molecule has 1 N–H and O–H groups in total. The van der Waals surface area contributed by atoms with Gasteiger partial charge in [0.1, 0.15) is 5.58 Å². The minimum atomic E-state index is -0.121. The number of para-hydroxylation sites is 1. The summed E-state index contributed by atoms with van der Waals surface area (Å²) in [6.45, 7) is 6.30. The Labute approximate surface area is 123 Å². The van der Waals surface area contributed by atoms with E-state index in [-0.39, 0.29) is 5.91 Å². The van der Waals surface area contributed by atoms with Crippen molar-refractivity contribution in [1.82, 2.24) is 15.1 Å². The monoisotopic (exact) mass is 285 g/mol. The highest BCUT2D eigenvalue weighted by atomic mass is 16.3. The zero-order valence-electron chi connectivity index (χ0n) is 11.9. The minimum Gasteiger partial charge on any atom is -0.451 e. The van der Waals surface area contributed by atoms with E-state index in [1.807, 2.05) is 30.3 Å². The van der Waals surface area contributed by atoms with Crippen molar-refractivity contribution in [3.8, 4) is 0 Å². The Balaban J connectivity index is 1.41. The molecule has 1 aromatic carbocycles. The van der Waals surface area contributed by atoms with Crippen LogP contribution < -0.4 is 5.32 Å². The first-order chi connectivity index (χ1) is 10.3. The molecular formula is C16H19N3O2. The molecule has 4 heterocycles. The van der Waals surface area contributed by atoms with Crippen LogP contribution in [0.1, 0.15) is 10.6 Å². The molecule has 3 saturated heterocycles. The smallest absolute Gasteiger partial charge is 0.287 e. The summed E-state index contributed by atoms with van der Waals surface area (Å²) in [5, 5.41) is 3.98. The van der Waals surface area contributed by atoms with Crippen molar-refractivity contribution < 1.29 is 9.21 Å². The maximum atomic E-state index is 12.2. The maximum Gasteiger partial charge on any atom is 0.287 e. The summed E-state index contributed by atoms with van der Waals surface area (Å²) in [5.74, 6) is 0.274. The van der Waals surface area contributed by atoms with E-state index < -0.39 is 0 Å². The molecule has 1 unspecified atom stereocenters. The number of nitrogens with zero attached hydrogens (tertiary/aromatic N) is 2. The molecule has 110 valence electrons. The van der Waals surface area contributed by atoms with E-state index in [4.69, 9.17) is 4.42 Å². The fourth-order valence-corrected chi connectivity index (χ4v) is 3.31. The van der Waals surface area contributed by atoms with Crippen molar-refractivity contribution in [1.29, 1.82) is 0 Å². The fourth-order valence-electron chi connectivity index (χ4n) is 3.31. The molecule has 5 heteroatoms. The van der Waals surface area contributed by atoms with Crippen LogP contribution in [-0.2, 0) is 0 Å². The number of nitrogens with one attached hydrogen (secondary N) is 1. The number of hydrogen-bond acceptors (Lipinski definition) is 4. The Hall–Kier alpha value is -1.85. The second-order valence-corrected chi connectivity index (χ2v) is 5.85. The van der Waals surface area contributed by atoms with Crippen LogP contribution in [0.2, 0.25) is 0 Å². The molecule has 1 amide bonds.